The summed E-state index contributed by atoms with van der Waals surface area (Å²) in [5, 5.41) is 2.97. The van der Waals surface area contributed by atoms with Gasteiger partial charge in [0.15, 0.2) is 0 Å². The molecule has 2 heterocycles. The molecule has 0 spiro atoms. The zero-order chi connectivity index (χ0) is 22.9. The number of halogens is 3. The minimum atomic E-state index is -4.53. The van der Waals surface area contributed by atoms with Gasteiger partial charge in [0.05, 0.1) is 34.2 Å². The first-order valence-corrected chi connectivity index (χ1v) is 10.4. The molecule has 1 aliphatic rings. The van der Waals surface area contributed by atoms with Crippen molar-refractivity contribution < 1.29 is 18.0 Å². The fourth-order valence-electron chi connectivity index (χ4n) is 4.02. The number of amides is 1. The van der Waals surface area contributed by atoms with E-state index in [1.165, 1.54) is 12.4 Å². The number of rotatable bonds is 4. The number of nitrogens with zero attached hydrogens (tertiary/aromatic N) is 3. The van der Waals surface area contributed by atoms with Crippen LogP contribution in [-0.4, -0.2) is 28.5 Å². The Morgan fingerprint density at radius 2 is 1.88 bits per heavy atom. The number of piperidine rings is 1. The third kappa shape index (κ3) is 4.46. The highest BCUT2D eigenvalue weighted by atomic mass is 19.4. The molecule has 4 rings (SSSR count). The molecule has 6 nitrogen and oxygen atoms in total. The molecule has 168 valence electrons. The van der Waals surface area contributed by atoms with Crippen LogP contribution in [0.3, 0.4) is 0 Å². The fourth-order valence-corrected chi connectivity index (χ4v) is 4.02. The average Bonchev–Trinajstić information content (AvgIpc) is 2.76. The number of carbonyl (C=O) groups is 1. The molecule has 1 aliphatic heterocycles. The van der Waals surface area contributed by atoms with Gasteiger partial charge in [0.25, 0.3) is 5.56 Å². The number of aryl methyl sites for hydroxylation is 1. The smallest absolute Gasteiger partial charge is 0.370 e. The quantitative estimate of drug-likeness (QED) is 0.650. The molecule has 1 saturated heterocycles. The van der Waals surface area contributed by atoms with Crippen LogP contribution in [0.1, 0.15) is 30.4 Å². The third-order valence-corrected chi connectivity index (χ3v) is 5.66. The van der Waals surface area contributed by atoms with Crippen LogP contribution in [0.2, 0.25) is 0 Å². The first-order valence-electron chi connectivity index (χ1n) is 10.4. The number of fused-ring (bicyclic) bond motifs is 1. The molecule has 0 unspecified atom stereocenters. The van der Waals surface area contributed by atoms with Gasteiger partial charge in [0, 0.05) is 13.1 Å². The Morgan fingerprint density at radius 3 is 2.59 bits per heavy atom. The number of nitrogens with one attached hydrogen (secondary N) is 1. The molecule has 9 heteroatoms. The highest BCUT2D eigenvalue weighted by Gasteiger charge is 2.32. The molecule has 1 aromatic heterocycles. The van der Waals surface area contributed by atoms with Gasteiger partial charge in [-0.3, -0.25) is 14.2 Å². The first kappa shape index (κ1) is 21.9. The van der Waals surface area contributed by atoms with E-state index in [-0.39, 0.29) is 17.8 Å². The summed E-state index contributed by atoms with van der Waals surface area (Å²) in [6.07, 6.45) is -0.306. The average molecular weight is 444 g/mol. The number of para-hydroxylation sites is 1. The number of anilines is 2. The molecule has 3 aromatic rings. The van der Waals surface area contributed by atoms with E-state index < -0.39 is 17.6 Å². The minimum absolute atomic E-state index is 0.0874. The van der Waals surface area contributed by atoms with Crippen LogP contribution in [0.4, 0.5) is 24.5 Å². The van der Waals surface area contributed by atoms with Crippen LogP contribution < -0.4 is 15.8 Å². The third-order valence-electron chi connectivity index (χ3n) is 5.66. The molecular formula is C23H23F3N4O2. The van der Waals surface area contributed by atoms with Crippen molar-refractivity contribution in [3.05, 3.63) is 64.2 Å². The fraction of sp³-hybridized carbons (Fsp3) is 0.348. The van der Waals surface area contributed by atoms with Crippen LogP contribution >= 0.6 is 0 Å². The van der Waals surface area contributed by atoms with Crippen molar-refractivity contribution in [2.75, 3.05) is 23.3 Å². The molecule has 32 heavy (non-hydrogen) atoms. The Bertz CT molecular complexity index is 1210. The van der Waals surface area contributed by atoms with Crippen molar-refractivity contribution in [1.29, 1.82) is 0 Å². The van der Waals surface area contributed by atoms with Crippen molar-refractivity contribution >= 4 is 28.2 Å². The van der Waals surface area contributed by atoms with Crippen molar-refractivity contribution in [1.82, 2.24) is 9.55 Å². The van der Waals surface area contributed by atoms with Gasteiger partial charge in [-0.15, -0.1) is 0 Å². The van der Waals surface area contributed by atoms with Gasteiger partial charge in [-0.05, 0) is 56.0 Å². The maximum atomic E-state index is 13.3. The summed E-state index contributed by atoms with van der Waals surface area (Å²) in [5.41, 5.74) is 0.809. The van der Waals surface area contributed by atoms with Gasteiger partial charge in [0.2, 0.25) is 5.91 Å². The molecule has 0 aliphatic carbocycles. The maximum Gasteiger partial charge on any atom is 0.416 e. The van der Waals surface area contributed by atoms with Crippen LogP contribution in [0.15, 0.2) is 47.5 Å². The predicted molar refractivity (Wildman–Crippen MR) is 117 cm³/mol. The second kappa shape index (κ2) is 8.64. The number of hydrogen-bond donors (Lipinski definition) is 1. The van der Waals surface area contributed by atoms with Gasteiger partial charge in [-0.2, -0.15) is 13.2 Å². The first-order chi connectivity index (χ1) is 15.2. The molecule has 1 fully saturated rings. The van der Waals surface area contributed by atoms with E-state index >= 15 is 0 Å². The second-order valence-corrected chi connectivity index (χ2v) is 7.97. The van der Waals surface area contributed by atoms with E-state index in [0.29, 0.717) is 29.7 Å². The van der Waals surface area contributed by atoms with Crippen LogP contribution in [0.25, 0.3) is 10.9 Å². The lowest BCUT2D eigenvalue weighted by atomic mass is 10.1. The van der Waals surface area contributed by atoms with Gasteiger partial charge >= 0.3 is 6.18 Å². The van der Waals surface area contributed by atoms with Crippen molar-refractivity contribution in [2.24, 2.45) is 0 Å². The Labute approximate surface area is 182 Å². The molecule has 0 radical (unpaired) electrons. The lowest BCUT2D eigenvalue weighted by Gasteiger charge is -2.31. The summed E-state index contributed by atoms with van der Waals surface area (Å²) in [5.74, 6) is -0.599. The monoisotopic (exact) mass is 444 g/mol. The topological polar surface area (TPSA) is 67.2 Å². The van der Waals surface area contributed by atoms with Crippen molar-refractivity contribution in [2.45, 2.75) is 38.9 Å². The molecular weight excluding hydrogens is 421 g/mol. The van der Waals surface area contributed by atoms with Gasteiger partial charge in [-0.1, -0.05) is 12.1 Å². The van der Waals surface area contributed by atoms with Gasteiger partial charge in [0.1, 0.15) is 6.54 Å². The second-order valence-electron chi connectivity index (χ2n) is 7.97. The molecule has 0 bridgehead atoms. The molecule has 0 saturated carbocycles. The Balaban J connectivity index is 1.63. The number of aromatic nitrogens is 2. The van der Waals surface area contributed by atoms with Gasteiger partial charge in [-0.25, -0.2) is 4.98 Å². The Morgan fingerprint density at radius 1 is 1.12 bits per heavy atom. The van der Waals surface area contributed by atoms with Crippen molar-refractivity contribution in [3.8, 4) is 0 Å². The summed E-state index contributed by atoms with van der Waals surface area (Å²) < 4.78 is 41.0. The van der Waals surface area contributed by atoms with E-state index in [1.54, 1.807) is 12.1 Å². The van der Waals surface area contributed by atoms with Gasteiger partial charge < -0.3 is 10.2 Å². The number of alkyl halides is 3. The zero-order valence-electron chi connectivity index (χ0n) is 17.6. The lowest BCUT2D eigenvalue weighted by Crippen LogP contribution is -2.32. The Kier molecular flexibility index (Phi) is 5.90. The summed E-state index contributed by atoms with van der Waals surface area (Å²) >= 11 is 0. The SMILES string of the molecule is Cc1cccc2c(=O)n(CC(=O)Nc3cc(C(F)(F)F)ccc3N3CCCCC3)cnc12. The molecule has 0 atom stereocenters. The normalized spacial score (nSPS) is 14.6. The highest BCUT2D eigenvalue weighted by Crippen LogP contribution is 2.36. The number of hydrogen-bond acceptors (Lipinski definition) is 4. The standard InChI is InChI=1S/C23H23F3N4O2/c1-15-6-5-7-17-21(15)27-14-30(22(17)32)13-20(31)28-18-12-16(23(24,25)26)8-9-19(18)29-10-3-2-4-11-29/h5-9,12,14H,2-4,10-11,13H2,1H3,(H,28,31). The van der Waals surface area contributed by atoms with E-state index in [2.05, 4.69) is 10.3 Å². The molecule has 2 aromatic carbocycles. The minimum Gasteiger partial charge on any atom is -0.370 e. The predicted octanol–water partition coefficient (Wildman–Crippen LogP) is 4.35. The summed E-state index contributed by atoms with van der Waals surface area (Å²) in [4.78, 5) is 31.7. The Hall–Kier alpha value is -3.36. The van der Waals surface area contributed by atoms with E-state index in [9.17, 15) is 22.8 Å². The van der Waals surface area contributed by atoms with E-state index in [0.717, 1.165) is 41.5 Å². The molecule has 1 amide bonds. The maximum absolute atomic E-state index is 13.3. The van der Waals surface area contributed by atoms with E-state index in [4.69, 9.17) is 0 Å². The van der Waals surface area contributed by atoms with E-state index in [1.807, 2.05) is 17.9 Å². The summed E-state index contributed by atoms with van der Waals surface area (Å²) in [6, 6.07) is 8.58. The summed E-state index contributed by atoms with van der Waals surface area (Å²) in [7, 11) is 0. The largest absolute Gasteiger partial charge is 0.416 e. The van der Waals surface area contributed by atoms with Crippen molar-refractivity contribution in [3.63, 3.8) is 0 Å². The zero-order valence-corrected chi connectivity index (χ0v) is 17.6. The van der Waals surface area contributed by atoms with Crippen LogP contribution in [-0.2, 0) is 17.5 Å². The summed E-state index contributed by atoms with van der Waals surface area (Å²) in [6.45, 7) is 2.90. The molecule has 1 N–H and O–H groups in total. The highest BCUT2D eigenvalue weighted by molar-refractivity contribution is 5.94. The van der Waals surface area contributed by atoms with Crippen LogP contribution in [0, 0.1) is 6.92 Å². The number of benzene rings is 2. The lowest BCUT2D eigenvalue weighted by molar-refractivity contribution is -0.137. The number of carbonyl (C=O) groups excluding carboxylic acids is 1. The van der Waals surface area contributed by atoms with Crippen LogP contribution in [0.5, 0.6) is 0 Å².